The molecule has 88 valence electrons. The maximum atomic E-state index is 11.8. The van der Waals surface area contributed by atoms with E-state index in [0.29, 0.717) is 28.1 Å². The van der Waals surface area contributed by atoms with Crippen LogP contribution in [0.4, 0.5) is 5.69 Å². The third-order valence-corrected chi connectivity index (χ3v) is 3.51. The summed E-state index contributed by atoms with van der Waals surface area (Å²) in [5, 5.41) is 3.56. The van der Waals surface area contributed by atoms with Gasteiger partial charge in [-0.3, -0.25) is 4.79 Å². The quantitative estimate of drug-likeness (QED) is 0.816. The molecule has 0 radical (unpaired) electrons. The van der Waals surface area contributed by atoms with E-state index >= 15 is 0 Å². The van der Waals surface area contributed by atoms with Gasteiger partial charge in [-0.2, -0.15) is 11.8 Å². The van der Waals surface area contributed by atoms with Gasteiger partial charge in [-0.15, -0.1) is 0 Å². The van der Waals surface area contributed by atoms with Gasteiger partial charge in [0.05, 0.1) is 10.6 Å². The fraction of sp³-hybridized carbons (Fsp3) is 0.364. The zero-order valence-corrected chi connectivity index (χ0v) is 10.9. The first kappa shape index (κ1) is 13.2. The molecule has 0 saturated carbocycles. The smallest absolute Gasteiger partial charge is 0.254 e. The Balaban J connectivity index is 2.73. The lowest BCUT2D eigenvalue weighted by atomic mass is 10.1. The minimum absolute atomic E-state index is 0.219. The number of hydrogen-bond donors (Lipinski definition) is 2. The second-order valence-corrected chi connectivity index (χ2v) is 5.14. The van der Waals surface area contributed by atoms with E-state index in [-0.39, 0.29) is 5.91 Å². The molecule has 0 aromatic heterocycles. The van der Waals surface area contributed by atoms with Crippen molar-refractivity contribution < 1.29 is 4.79 Å². The van der Waals surface area contributed by atoms with Crippen LogP contribution in [-0.4, -0.2) is 24.0 Å². The number of carbonyl (C=O) groups excluding carboxylic acids is 1. The van der Waals surface area contributed by atoms with Crippen molar-refractivity contribution >= 4 is 35.0 Å². The molecule has 0 bridgehead atoms. The zero-order valence-electron chi connectivity index (χ0n) is 9.29. The average Bonchev–Trinajstić information content (AvgIpc) is 2.25. The van der Waals surface area contributed by atoms with Gasteiger partial charge in [-0.05, 0) is 18.4 Å². The lowest BCUT2D eigenvalue weighted by Crippen LogP contribution is -2.30. The van der Waals surface area contributed by atoms with Crippen LogP contribution in [0.2, 0.25) is 5.02 Å². The number of hydrogen-bond acceptors (Lipinski definition) is 3. The second kappa shape index (κ2) is 6.01. The summed E-state index contributed by atoms with van der Waals surface area (Å²) < 4.78 is 0. The molecule has 0 heterocycles. The molecule has 1 aromatic rings. The third kappa shape index (κ3) is 3.32. The number of amides is 1. The van der Waals surface area contributed by atoms with Crippen LogP contribution in [0.3, 0.4) is 0 Å². The summed E-state index contributed by atoms with van der Waals surface area (Å²) >= 11 is 7.62. The summed E-state index contributed by atoms with van der Waals surface area (Å²) in [5.74, 6) is -0.219. The molecule has 0 fully saturated rings. The number of anilines is 1. The Kier molecular flexibility index (Phi) is 4.96. The Morgan fingerprint density at radius 3 is 2.88 bits per heavy atom. The third-order valence-electron chi connectivity index (χ3n) is 2.23. The van der Waals surface area contributed by atoms with Crippen LogP contribution in [0.1, 0.15) is 17.3 Å². The van der Waals surface area contributed by atoms with Crippen molar-refractivity contribution in [2.24, 2.45) is 0 Å². The van der Waals surface area contributed by atoms with Gasteiger partial charge in [0.1, 0.15) is 0 Å². The first-order valence-corrected chi connectivity index (χ1v) is 6.57. The summed E-state index contributed by atoms with van der Waals surface area (Å²) in [6, 6.07) is 5.04. The van der Waals surface area contributed by atoms with Gasteiger partial charge >= 0.3 is 0 Å². The van der Waals surface area contributed by atoms with Crippen LogP contribution in [0.15, 0.2) is 18.2 Å². The van der Waals surface area contributed by atoms with Crippen LogP contribution in [0.25, 0.3) is 0 Å². The van der Waals surface area contributed by atoms with Crippen LogP contribution in [0, 0.1) is 0 Å². The molecule has 3 N–H and O–H groups in total. The molecule has 1 unspecified atom stereocenters. The van der Waals surface area contributed by atoms with Crippen LogP contribution in [0.5, 0.6) is 0 Å². The number of benzene rings is 1. The highest BCUT2D eigenvalue weighted by Gasteiger charge is 2.13. The molecule has 1 rings (SSSR count). The predicted molar refractivity (Wildman–Crippen MR) is 71.2 cm³/mol. The number of nitrogens with one attached hydrogen (secondary N) is 1. The molecule has 5 heteroatoms. The Morgan fingerprint density at radius 1 is 1.62 bits per heavy atom. The van der Waals surface area contributed by atoms with E-state index < -0.39 is 0 Å². The summed E-state index contributed by atoms with van der Waals surface area (Å²) in [6.45, 7) is 2.64. The van der Waals surface area contributed by atoms with Crippen LogP contribution in [-0.2, 0) is 0 Å². The molecule has 0 aliphatic heterocycles. The van der Waals surface area contributed by atoms with Gasteiger partial charge in [-0.25, -0.2) is 0 Å². The Labute approximate surface area is 105 Å². The zero-order chi connectivity index (χ0) is 12.1. The average molecular weight is 259 g/mol. The molecule has 0 saturated heterocycles. The Bertz CT molecular complexity index is 364. The normalized spacial score (nSPS) is 12.2. The lowest BCUT2D eigenvalue weighted by Gasteiger charge is -2.11. The monoisotopic (exact) mass is 258 g/mol. The minimum Gasteiger partial charge on any atom is -0.398 e. The highest BCUT2D eigenvalue weighted by Crippen LogP contribution is 2.21. The topological polar surface area (TPSA) is 55.1 Å². The summed E-state index contributed by atoms with van der Waals surface area (Å²) in [6.07, 6.45) is 2.00. The Hall–Kier alpha value is -0.870. The van der Waals surface area contributed by atoms with E-state index in [0.717, 1.165) is 0 Å². The van der Waals surface area contributed by atoms with Gasteiger partial charge in [0.25, 0.3) is 5.91 Å². The lowest BCUT2D eigenvalue weighted by molar-refractivity contribution is 0.0955. The summed E-state index contributed by atoms with van der Waals surface area (Å²) in [4.78, 5) is 11.8. The highest BCUT2D eigenvalue weighted by molar-refractivity contribution is 7.99. The fourth-order valence-electron chi connectivity index (χ4n) is 1.19. The van der Waals surface area contributed by atoms with Gasteiger partial charge in [-0.1, -0.05) is 24.6 Å². The summed E-state index contributed by atoms with van der Waals surface area (Å²) in [7, 11) is 0. The van der Waals surface area contributed by atoms with E-state index in [1.165, 1.54) is 0 Å². The molecular formula is C11H15ClN2OS. The van der Waals surface area contributed by atoms with Crippen molar-refractivity contribution in [3.8, 4) is 0 Å². The van der Waals surface area contributed by atoms with Crippen LogP contribution >= 0.6 is 23.4 Å². The molecule has 0 aliphatic rings. The highest BCUT2D eigenvalue weighted by atomic mass is 35.5. The number of nitrogen functional groups attached to an aromatic ring is 1. The van der Waals surface area contributed by atoms with Crippen molar-refractivity contribution in [1.82, 2.24) is 5.32 Å². The SMILES string of the molecule is CSC(C)CNC(=O)c1c(N)cccc1Cl. The van der Waals surface area contributed by atoms with Gasteiger partial charge in [0.15, 0.2) is 0 Å². The predicted octanol–water partition coefficient (Wildman–Crippen LogP) is 2.40. The van der Waals surface area contributed by atoms with Gasteiger partial charge in [0.2, 0.25) is 0 Å². The van der Waals surface area contributed by atoms with Gasteiger partial charge < -0.3 is 11.1 Å². The molecular weight excluding hydrogens is 244 g/mol. The fourth-order valence-corrected chi connectivity index (χ4v) is 1.71. The molecule has 3 nitrogen and oxygen atoms in total. The van der Waals surface area contributed by atoms with E-state index in [2.05, 4.69) is 5.32 Å². The molecule has 16 heavy (non-hydrogen) atoms. The molecule has 0 aliphatic carbocycles. The van der Waals surface area contributed by atoms with Crippen molar-refractivity contribution in [1.29, 1.82) is 0 Å². The second-order valence-electron chi connectivity index (χ2n) is 3.46. The number of halogens is 1. The van der Waals surface area contributed by atoms with Crippen molar-refractivity contribution in [2.75, 3.05) is 18.5 Å². The van der Waals surface area contributed by atoms with E-state index in [1.807, 2.05) is 13.2 Å². The maximum absolute atomic E-state index is 11.8. The first-order chi connectivity index (χ1) is 7.56. The standard InChI is InChI=1S/C11H15ClN2OS/c1-7(16-2)6-14-11(15)10-8(12)4-3-5-9(10)13/h3-5,7H,6,13H2,1-2H3,(H,14,15). The van der Waals surface area contributed by atoms with Crippen molar-refractivity contribution in [2.45, 2.75) is 12.2 Å². The summed E-state index contributed by atoms with van der Waals surface area (Å²) in [5.41, 5.74) is 6.47. The van der Waals surface area contributed by atoms with E-state index in [1.54, 1.807) is 30.0 Å². The number of carbonyl (C=O) groups is 1. The van der Waals surface area contributed by atoms with E-state index in [4.69, 9.17) is 17.3 Å². The maximum Gasteiger partial charge on any atom is 0.254 e. The molecule has 1 amide bonds. The molecule has 1 aromatic carbocycles. The minimum atomic E-state index is -0.219. The molecule has 1 atom stereocenters. The van der Waals surface area contributed by atoms with Crippen molar-refractivity contribution in [3.05, 3.63) is 28.8 Å². The van der Waals surface area contributed by atoms with Crippen LogP contribution < -0.4 is 11.1 Å². The number of thioether (sulfide) groups is 1. The first-order valence-electron chi connectivity index (χ1n) is 4.91. The molecule has 0 spiro atoms. The van der Waals surface area contributed by atoms with E-state index in [9.17, 15) is 4.79 Å². The van der Waals surface area contributed by atoms with Gasteiger partial charge in [0, 0.05) is 17.5 Å². The number of nitrogens with two attached hydrogens (primary N) is 1. The van der Waals surface area contributed by atoms with Crippen molar-refractivity contribution in [3.63, 3.8) is 0 Å². The Morgan fingerprint density at radius 2 is 2.31 bits per heavy atom. The largest absolute Gasteiger partial charge is 0.398 e. The number of rotatable bonds is 4.